The maximum Gasteiger partial charge on any atom is 0.296 e. The van der Waals surface area contributed by atoms with Crippen molar-refractivity contribution in [2.45, 2.75) is 25.3 Å². The van der Waals surface area contributed by atoms with Crippen LogP contribution in [0.3, 0.4) is 0 Å². The molecule has 0 bridgehead atoms. The SMILES string of the molecule is Cn1c(C2=C(O)C3CCCCN3C2=N)[n+](C)c2ccccc21. The number of amidine groups is 1. The van der Waals surface area contributed by atoms with E-state index in [1.54, 1.807) is 0 Å². The first-order chi connectivity index (χ1) is 10.6. The lowest BCUT2D eigenvalue weighted by Gasteiger charge is -2.31. The van der Waals surface area contributed by atoms with E-state index in [4.69, 9.17) is 5.41 Å². The Balaban J connectivity index is 1.95. The van der Waals surface area contributed by atoms with E-state index in [9.17, 15) is 5.11 Å². The quantitative estimate of drug-likeness (QED) is 0.792. The lowest BCUT2D eigenvalue weighted by Crippen LogP contribution is -2.40. The number of fused-ring (bicyclic) bond motifs is 2. The van der Waals surface area contributed by atoms with Gasteiger partial charge in [0.1, 0.15) is 17.2 Å². The zero-order valence-electron chi connectivity index (χ0n) is 13.0. The Bertz CT molecular complexity index is 778. The lowest BCUT2D eigenvalue weighted by molar-refractivity contribution is -0.648. The zero-order chi connectivity index (χ0) is 15.4. The van der Waals surface area contributed by atoms with Crippen LogP contribution < -0.4 is 4.57 Å². The third-order valence-corrected chi connectivity index (χ3v) is 5.06. The van der Waals surface area contributed by atoms with Crippen LogP contribution in [0.1, 0.15) is 25.1 Å². The van der Waals surface area contributed by atoms with Gasteiger partial charge in [-0.15, -0.1) is 0 Å². The number of aromatic nitrogens is 2. The number of hydrogen-bond donors (Lipinski definition) is 2. The van der Waals surface area contributed by atoms with Crippen molar-refractivity contribution in [2.24, 2.45) is 14.1 Å². The van der Waals surface area contributed by atoms with Gasteiger partial charge in [0.05, 0.1) is 20.1 Å². The summed E-state index contributed by atoms with van der Waals surface area (Å²) >= 11 is 0. The number of aliphatic hydroxyl groups is 1. The summed E-state index contributed by atoms with van der Waals surface area (Å²) < 4.78 is 4.15. The fourth-order valence-electron chi connectivity index (χ4n) is 3.96. The van der Waals surface area contributed by atoms with Gasteiger partial charge in [0.15, 0.2) is 11.0 Å². The van der Waals surface area contributed by atoms with E-state index in [0.29, 0.717) is 17.2 Å². The second-order valence-electron chi connectivity index (χ2n) is 6.24. The molecule has 1 fully saturated rings. The Kier molecular flexibility index (Phi) is 2.79. The van der Waals surface area contributed by atoms with Crippen LogP contribution in [-0.4, -0.2) is 33.0 Å². The average molecular weight is 297 g/mol. The first kappa shape index (κ1) is 13.4. The molecule has 4 rings (SSSR count). The van der Waals surface area contributed by atoms with E-state index in [1.807, 2.05) is 31.1 Å². The van der Waals surface area contributed by atoms with Gasteiger partial charge < -0.3 is 10.0 Å². The summed E-state index contributed by atoms with van der Waals surface area (Å²) in [7, 11) is 4.01. The van der Waals surface area contributed by atoms with E-state index in [-0.39, 0.29) is 6.04 Å². The monoisotopic (exact) mass is 297 g/mol. The molecule has 0 spiro atoms. The van der Waals surface area contributed by atoms with E-state index in [1.165, 1.54) is 0 Å². The average Bonchev–Trinajstić information content (AvgIpc) is 2.94. The number of imidazole rings is 1. The summed E-state index contributed by atoms with van der Waals surface area (Å²) in [6.07, 6.45) is 3.15. The molecule has 1 aromatic heterocycles. The van der Waals surface area contributed by atoms with Crippen molar-refractivity contribution in [2.75, 3.05) is 6.54 Å². The summed E-state index contributed by atoms with van der Waals surface area (Å²) in [5.41, 5.74) is 2.91. The molecule has 5 nitrogen and oxygen atoms in total. The molecule has 114 valence electrons. The molecule has 0 radical (unpaired) electrons. The Morgan fingerprint density at radius 3 is 2.77 bits per heavy atom. The first-order valence-electron chi connectivity index (χ1n) is 7.83. The molecule has 3 heterocycles. The van der Waals surface area contributed by atoms with Gasteiger partial charge in [-0.2, -0.15) is 0 Å². The Morgan fingerprint density at radius 1 is 1.27 bits per heavy atom. The summed E-state index contributed by atoms with van der Waals surface area (Å²) in [6, 6.07) is 8.17. The number of aliphatic hydroxyl groups excluding tert-OH is 1. The van der Waals surface area contributed by atoms with E-state index in [0.717, 1.165) is 42.7 Å². The molecule has 2 N–H and O–H groups in total. The first-order valence-corrected chi connectivity index (χ1v) is 7.83. The molecular formula is C17H21N4O+. The molecule has 1 unspecified atom stereocenters. The Morgan fingerprint density at radius 2 is 2.05 bits per heavy atom. The fraction of sp³-hybridized carbons (Fsp3) is 0.412. The van der Waals surface area contributed by atoms with E-state index in [2.05, 4.69) is 21.3 Å². The smallest absolute Gasteiger partial charge is 0.296 e. The molecule has 2 aliphatic heterocycles. The topological polar surface area (TPSA) is 56.1 Å². The van der Waals surface area contributed by atoms with Gasteiger partial charge in [0.2, 0.25) is 0 Å². The number of benzene rings is 1. The molecule has 22 heavy (non-hydrogen) atoms. The highest BCUT2D eigenvalue weighted by Gasteiger charge is 2.43. The molecule has 0 amide bonds. The minimum Gasteiger partial charge on any atom is -0.509 e. The Hall–Kier alpha value is -2.30. The van der Waals surface area contributed by atoms with Crippen LogP contribution >= 0.6 is 0 Å². The highest BCUT2D eigenvalue weighted by Crippen LogP contribution is 2.36. The van der Waals surface area contributed by atoms with Crippen LogP contribution in [0.25, 0.3) is 16.6 Å². The van der Waals surface area contributed by atoms with Crippen LogP contribution in [0.4, 0.5) is 0 Å². The highest BCUT2D eigenvalue weighted by atomic mass is 16.3. The van der Waals surface area contributed by atoms with Gasteiger partial charge in [-0.05, 0) is 31.4 Å². The van der Waals surface area contributed by atoms with Crippen LogP contribution in [0.2, 0.25) is 0 Å². The number of para-hydroxylation sites is 2. The third-order valence-electron chi connectivity index (χ3n) is 5.06. The standard InChI is InChI=1S/C17H20N4O/c1-19-11-7-3-4-8-12(11)20(2)17(19)14-15(22)13-9-5-6-10-21(13)16(14)18/h3-4,7-8,13,18H,5-6,9-10H2,1-2H3/p+1. The van der Waals surface area contributed by atoms with Crippen molar-refractivity contribution in [1.82, 2.24) is 9.47 Å². The molecular weight excluding hydrogens is 276 g/mol. The summed E-state index contributed by atoms with van der Waals surface area (Å²) in [4.78, 5) is 2.05. The highest BCUT2D eigenvalue weighted by molar-refractivity contribution is 6.23. The predicted molar refractivity (Wildman–Crippen MR) is 85.7 cm³/mol. The molecule has 1 saturated heterocycles. The van der Waals surface area contributed by atoms with Crippen LogP contribution in [-0.2, 0) is 14.1 Å². The van der Waals surface area contributed by atoms with Crippen molar-refractivity contribution in [1.29, 1.82) is 5.41 Å². The summed E-state index contributed by atoms with van der Waals surface area (Å²) in [6.45, 7) is 0.866. The van der Waals surface area contributed by atoms with Gasteiger partial charge >= 0.3 is 0 Å². The minimum absolute atomic E-state index is 0.00531. The zero-order valence-corrected chi connectivity index (χ0v) is 13.0. The lowest BCUT2D eigenvalue weighted by atomic mass is 10.0. The fourth-order valence-corrected chi connectivity index (χ4v) is 3.96. The maximum absolute atomic E-state index is 10.8. The van der Waals surface area contributed by atoms with Gasteiger partial charge in [-0.25, -0.2) is 9.13 Å². The van der Waals surface area contributed by atoms with Gasteiger partial charge in [-0.1, -0.05) is 12.1 Å². The number of rotatable bonds is 1. The van der Waals surface area contributed by atoms with Crippen molar-refractivity contribution in [3.8, 4) is 0 Å². The molecule has 1 aromatic carbocycles. The van der Waals surface area contributed by atoms with E-state index >= 15 is 0 Å². The normalized spacial score (nSPS) is 21.8. The molecule has 0 saturated carbocycles. The maximum atomic E-state index is 10.8. The van der Waals surface area contributed by atoms with Crippen LogP contribution in [0.5, 0.6) is 0 Å². The summed E-state index contributed by atoms with van der Waals surface area (Å²) in [5.74, 6) is 1.73. The van der Waals surface area contributed by atoms with Gasteiger partial charge in [-0.3, -0.25) is 5.41 Å². The van der Waals surface area contributed by atoms with Crippen LogP contribution in [0, 0.1) is 5.41 Å². The number of piperidine rings is 1. The van der Waals surface area contributed by atoms with Crippen molar-refractivity contribution in [3.05, 3.63) is 35.8 Å². The molecule has 1 atom stereocenters. The second kappa shape index (κ2) is 4.60. The molecule has 2 aromatic rings. The van der Waals surface area contributed by atoms with Crippen molar-refractivity contribution in [3.63, 3.8) is 0 Å². The number of nitrogens with zero attached hydrogens (tertiary/aromatic N) is 3. The molecule has 0 aliphatic carbocycles. The second-order valence-corrected chi connectivity index (χ2v) is 6.24. The number of nitrogens with one attached hydrogen (secondary N) is 1. The van der Waals surface area contributed by atoms with Gasteiger partial charge in [0, 0.05) is 6.54 Å². The third kappa shape index (κ3) is 1.59. The molecule has 2 aliphatic rings. The van der Waals surface area contributed by atoms with Crippen molar-refractivity contribution < 1.29 is 9.67 Å². The predicted octanol–water partition coefficient (Wildman–Crippen LogP) is 2.12. The van der Waals surface area contributed by atoms with E-state index < -0.39 is 0 Å². The summed E-state index contributed by atoms with van der Waals surface area (Å²) in [5, 5.41) is 19.3. The van der Waals surface area contributed by atoms with Crippen molar-refractivity contribution >= 4 is 22.4 Å². The largest absolute Gasteiger partial charge is 0.509 e. The number of hydrogen-bond acceptors (Lipinski definition) is 2. The number of aryl methyl sites for hydroxylation is 2. The minimum atomic E-state index is -0.00531. The van der Waals surface area contributed by atoms with Crippen LogP contribution in [0.15, 0.2) is 30.0 Å². The Labute approximate surface area is 129 Å². The molecule has 5 heteroatoms. The van der Waals surface area contributed by atoms with Gasteiger partial charge in [0.25, 0.3) is 5.82 Å².